The lowest BCUT2D eigenvalue weighted by Crippen LogP contribution is -2.25. The highest BCUT2D eigenvalue weighted by Crippen LogP contribution is 2.14. The number of aromatic nitrogens is 2. The molecule has 2 aromatic rings. The average Bonchev–Trinajstić information content (AvgIpc) is 3.01. The number of carbonyl (C=O) groups excluding carboxylic acids is 1. The van der Waals surface area contributed by atoms with Crippen molar-refractivity contribution in [1.82, 2.24) is 15.1 Å². The maximum absolute atomic E-state index is 11.9. The van der Waals surface area contributed by atoms with Gasteiger partial charge in [-0.1, -0.05) is 0 Å². The van der Waals surface area contributed by atoms with E-state index >= 15 is 0 Å². The van der Waals surface area contributed by atoms with Gasteiger partial charge in [-0.05, 0) is 36.8 Å². The van der Waals surface area contributed by atoms with Gasteiger partial charge >= 0.3 is 5.97 Å². The molecule has 0 unspecified atom stereocenters. The smallest absolute Gasteiger partial charge is 0.303 e. The quantitative estimate of drug-likeness (QED) is 0.756. The van der Waals surface area contributed by atoms with E-state index in [4.69, 9.17) is 9.84 Å². The van der Waals surface area contributed by atoms with Crippen LogP contribution in [0.3, 0.4) is 0 Å². The van der Waals surface area contributed by atoms with E-state index in [1.165, 1.54) is 0 Å². The van der Waals surface area contributed by atoms with Crippen LogP contribution in [0.4, 0.5) is 0 Å². The van der Waals surface area contributed by atoms with Crippen molar-refractivity contribution in [3.8, 4) is 11.4 Å². The SMILES string of the molecule is COc1ccc(-n2ccc(C(=O)NCCCC(=O)O)n2)cc1. The van der Waals surface area contributed by atoms with E-state index in [9.17, 15) is 9.59 Å². The Morgan fingerprint density at radius 1 is 1.27 bits per heavy atom. The zero-order valence-electron chi connectivity index (χ0n) is 12.2. The lowest BCUT2D eigenvalue weighted by atomic mass is 10.3. The molecule has 0 spiro atoms. The molecule has 0 saturated heterocycles. The Hall–Kier alpha value is -2.83. The molecule has 22 heavy (non-hydrogen) atoms. The number of carbonyl (C=O) groups is 2. The summed E-state index contributed by atoms with van der Waals surface area (Å²) in [6.45, 7) is 0.306. The third-order valence-electron chi connectivity index (χ3n) is 3.01. The van der Waals surface area contributed by atoms with Crippen LogP contribution in [0.5, 0.6) is 5.75 Å². The van der Waals surface area contributed by atoms with Crippen molar-refractivity contribution in [2.24, 2.45) is 0 Å². The summed E-state index contributed by atoms with van der Waals surface area (Å²) >= 11 is 0. The molecule has 0 saturated carbocycles. The largest absolute Gasteiger partial charge is 0.497 e. The van der Waals surface area contributed by atoms with Crippen molar-refractivity contribution < 1.29 is 19.4 Å². The Morgan fingerprint density at radius 3 is 2.64 bits per heavy atom. The standard InChI is InChI=1S/C15H17N3O4/c1-22-12-6-4-11(5-7-12)18-10-8-13(17-18)15(21)16-9-2-3-14(19)20/h4-8,10H,2-3,9H2,1H3,(H,16,21)(H,19,20). The molecule has 1 aromatic heterocycles. The van der Waals surface area contributed by atoms with Gasteiger partial charge in [0.1, 0.15) is 5.75 Å². The highest BCUT2D eigenvalue weighted by atomic mass is 16.5. The molecule has 0 atom stereocenters. The molecule has 1 heterocycles. The predicted molar refractivity (Wildman–Crippen MR) is 79.3 cm³/mol. The second-order valence-electron chi connectivity index (χ2n) is 4.60. The number of methoxy groups -OCH3 is 1. The minimum atomic E-state index is -0.877. The van der Waals surface area contributed by atoms with E-state index in [0.717, 1.165) is 11.4 Å². The fourth-order valence-corrected chi connectivity index (χ4v) is 1.86. The Morgan fingerprint density at radius 2 is 2.00 bits per heavy atom. The van der Waals surface area contributed by atoms with E-state index in [1.807, 2.05) is 24.3 Å². The second-order valence-corrected chi connectivity index (χ2v) is 4.60. The lowest BCUT2D eigenvalue weighted by Gasteiger charge is -2.04. The Balaban J connectivity index is 1.95. The van der Waals surface area contributed by atoms with Crippen LogP contribution in [0, 0.1) is 0 Å². The van der Waals surface area contributed by atoms with Crippen LogP contribution in [0.2, 0.25) is 0 Å². The van der Waals surface area contributed by atoms with Crippen LogP contribution in [0.25, 0.3) is 5.69 Å². The van der Waals surface area contributed by atoms with Crippen molar-refractivity contribution in [1.29, 1.82) is 0 Å². The molecule has 7 heteroatoms. The van der Waals surface area contributed by atoms with Crippen LogP contribution in [-0.4, -0.2) is 40.4 Å². The van der Waals surface area contributed by atoms with E-state index < -0.39 is 5.97 Å². The normalized spacial score (nSPS) is 10.2. The molecule has 0 aliphatic carbocycles. The number of rotatable bonds is 7. The first-order chi connectivity index (χ1) is 10.6. The zero-order valence-corrected chi connectivity index (χ0v) is 12.2. The molecule has 1 aromatic carbocycles. The van der Waals surface area contributed by atoms with Crippen LogP contribution in [0.15, 0.2) is 36.5 Å². The van der Waals surface area contributed by atoms with E-state index in [-0.39, 0.29) is 18.0 Å². The van der Waals surface area contributed by atoms with Gasteiger partial charge in [-0.25, -0.2) is 4.68 Å². The number of nitrogens with zero attached hydrogens (tertiary/aromatic N) is 2. The summed E-state index contributed by atoms with van der Waals surface area (Å²) in [6, 6.07) is 8.89. The van der Waals surface area contributed by atoms with Gasteiger partial charge in [0.15, 0.2) is 5.69 Å². The summed E-state index contributed by atoms with van der Waals surface area (Å²) in [4.78, 5) is 22.3. The molecule has 7 nitrogen and oxygen atoms in total. The van der Waals surface area contributed by atoms with Gasteiger partial charge in [-0.15, -0.1) is 0 Å². The summed E-state index contributed by atoms with van der Waals surface area (Å²) in [5.41, 5.74) is 1.09. The van der Waals surface area contributed by atoms with Gasteiger partial charge in [-0.3, -0.25) is 9.59 Å². The Labute approximate surface area is 127 Å². The number of carboxylic acid groups (broad SMARTS) is 1. The topological polar surface area (TPSA) is 93.5 Å². The Kier molecular flexibility index (Phi) is 5.13. The number of hydrogen-bond acceptors (Lipinski definition) is 4. The lowest BCUT2D eigenvalue weighted by molar-refractivity contribution is -0.137. The van der Waals surface area contributed by atoms with Gasteiger partial charge in [0.25, 0.3) is 5.91 Å². The molecule has 0 aliphatic rings. The summed E-state index contributed by atoms with van der Waals surface area (Å²) in [6.07, 6.45) is 2.11. The second kappa shape index (κ2) is 7.26. The maximum atomic E-state index is 11.9. The van der Waals surface area contributed by atoms with Gasteiger partial charge in [0.2, 0.25) is 0 Å². The molecular formula is C15H17N3O4. The summed E-state index contributed by atoms with van der Waals surface area (Å²) in [5.74, 6) is -0.456. The van der Waals surface area contributed by atoms with E-state index in [2.05, 4.69) is 10.4 Å². The fraction of sp³-hybridized carbons (Fsp3) is 0.267. The first kappa shape index (κ1) is 15.6. The molecule has 116 valence electrons. The van der Waals surface area contributed by atoms with Crippen molar-refractivity contribution in [3.63, 3.8) is 0 Å². The molecular weight excluding hydrogens is 286 g/mol. The molecule has 2 N–H and O–H groups in total. The molecule has 0 fully saturated rings. The fourth-order valence-electron chi connectivity index (χ4n) is 1.86. The predicted octanol–water partition coefficient (Wildman–Crippen LogP) is 1.48. The van der Waals surface area contributed by atoms with E-state index in [1.54, 1.807) is 24.1 Å². The summed E-state index contributed by atoms with van der Waals surface area (Å²) < 4.78 is 6.67. The number of benzene rings is 1. The number of carboxylic acids is 1. The Bertz CT molecular complexity index is 649. The summed E-state index contributed by atoms with van der Waals surface area (Å²) in [7, 11) is 1.59. The number of ether oxygens (including phenoxy) is 1. The third kappa shape index (κ3) is 4.08. The van der Waals surface area contributed by atoms with Crippen LogP contribution in [0.1, 0.15) is 23.3 Å². The monoisotopic (exact) mass is 303 g/mol. The number of nitrogens with one attached hydrogen (secondary N) is 1. The molecule has 2 rings (SSSR count). The number of hydrogen-bond donors (Lipinski definition) is 2. The van der Waals surface area contributed by atoms with E-state index in [0.29, 0.717) is 13.0 Å². The number of aliphatic carboxylic acids is 1. The summed E-state index contributed by atoms with van der Waals surface area (Å²) in [5, 5.41) is 15.4. The van der Waals surface area contributed by atoms with Crippen molar-refractivity contribution in [2.75, 3.05) is 13.7 Å². The minimum absolute atomic E-state index is 0.0283. The first-order valence-electron chi connectivity index (χ1n) is 6.80. The average molecular weight is 303 g/mol. The van der Waals surface area contributed by atoms with Crippen LogP contribution in [-0.2, 0) is 4.79 Å². The van der Waals surface area contributed by atoms with Gasteiger partial charge in [0, 0.05) is 19.2 Å². The zero-order chi connectivity index (χ0) is 15.9. The minimum Gasteiger partial charge on any atom is -0.497 e. The van der Waals surface area contributed by atoms with Crippen molar-refractivity contribution >= 4 is 11.9 Å². The van der Waals surface area contributed by atoms with Crippen LogP contribution < -0.4 is 10.1 Å². The van der Waals surface area contributed by atoms with Crippen molar-refractivity contribution in [2.45, 2.75) is 12.8 Å². The van der Waals surface area contributed by atoms with Gasteiger partial charge in [0.05, 0.1) is 12.8 Å². The molecule has 0 bridgehead atoms. The molecule has 0 radical (unpaired) electrons. The first-order valence-corrected chi connectivity index (χ1v) is 6.80. The maximum Gasteiger partial charge on any atom is 0.303 e. The highest BCUT2D eigenvalue weighted by Gasteiger charge is 2.10. The third-order valence-corrected chi connectivity index (χ3v) is 3.01. The molecule has 1 amide bonds. The number of amides is 1. The van der Waals surface area contributed by atoms with Gasteiger partial charge < -0.3 is 15.2 Å². The van der Waals surface area contributed by atoms with Gasteiger partial charge in [-0.2, -0.15) is 5.10 Å². The highest BCUT2D eigenvalue weighted by molar-refractivity contribution is 5.92. The van der Waals surface area contributed by atoms with Crippen LogP contribution >= 0.6 is 0 Å². The molecule has 0 aliphatic heterocycles. The van der Waals surface area contributed by atoms with Crippen molar-refractivity contribution in [3.05, 3.63) is 42.2 Å².